The average Bonchev–Trinajstić information content (AvgIpc) is 2.43. The fraction of sp³-hybridized carbons (Fsp3) is 0.500. The van der Waals surface area contributed by atoms with Crippen molar-refractivity contribution in [2.75, 3.05) is 33.9 Å². The van der Waals surface area contributed by atoms with Gasteiger partial charge in [0.1, 0.15) is 0 Å². The molecule has 1 rings (SSSR count). The van der Waals surface area contributed by atoms with Gasteiger partial charge in [0.15, 0.2) is 10.8 Å². The average molecular weight is 301 g/mol. The lowest BCUT2D eigenvalue weighted by Gasteiger charge is -2.16. The van der Waals surface area contributed by atoms with E-state index in [1.54, 1.807) is 7.11 Å². The van der Waals surface area contributed by atoms with Crippen LogP contribution in [-0.2, 0) is 9.53 Å². The fourth-order valence-electron chi connectivity index (χ4n) is 1.41. The molecule has 0 spiro atoms. The Morgan fingerprint density at radius 1 is 1.40 bits per heavy atom. The number of carbonyl (C=O) groups excluding carboxylic acids is 2. The van der Waals surface area contributed by atoms with E-state index in [2.05, 4.69) is 15.5 Å². The van der Waals surface area contributed by atoms with Crippen LogP contribution in [0.5, 0.6) is 0 Å². The molecule has 1 aromatic rings. The lowest BCUT2D eigenvalue weighted by atomic mass is 10.3. The summed E-state index contributed by atoms with van der Waals surface area (Å²) in [6.07, 6.45) is 0.725. The van der Waals surface area contributed by atoms with E-state index >= 15 is 0 Å². The minimum Gasteiger partial charge on any atom is -0.385 e. The van der Waals surface area contributed by atoms with E-state index in [-0.39, 0.29) is 29.2 Å². The highest BCUT2D eigenvalue weighted by molar-refractivity contribution is 6.29. The van der Waals surface area contributed by atoms with Crippen molar-refractivity contribution in [3.05, 3.63) is 23.0 Å². The normalized spacial score (nSPS) is 10.2. The number of hydrogen-bond donors (Lipinski definition) is 1. The van der Waals surface area contributed by atoms with Crippen LogP contribution in [0, 0.1) is 0 Å². The van der Waals surface area contributed by atoms with Gasteiger partial charge in [-0.1, -0.05) is 11.6 Å². The van der Waals surface area contributed by atoms with Crippen LogP contribution in [-0.4, -0.2) is 60.8 Å². The van der Waals surface area contributed by atoms with Gasteiger partial charge in [0.2, 0.25) is 5.91 Å². The van der Waals surface area contributed by atoms with Gasteiger partial charge in [-0.05, 0) is 18.6 Å². The van der Waals surface area contributed by atoms with Gasteiger partial charge in [0, 0.05) is 27.3 Å². The third kappa shape index (κ3) is 5.50. The molecule has 0 saturated carbocycles. The second kappa shape index (κ2) is 8.44. The maximum Gasteiger partial charge on any atom is 0.274 e. The molecule has 20 heavy (non-hydrogen) atoms. The SMILES string of the molecule is COCCCNC(=O)CN(C)C(=O)c1ccc(Cl)nn1. The van der Waals surface area contributed by atoms with Gasteiger partial charge in [0.05, 0.1) is 6.54 Å². The summed E-state index contributed by atoms with van der Waals surface area (Å²) in [6, 6.07) is 2.94. The van der Waals surface area contributed by atoms with Crippen molar-refractivity contribution in [3.8, 4) is 0 Å². The topological polar surface area (TPSA) is 84.4 Å². The molecule has 1 heterocycles. The predicted octanol–water partition coefficient (Wildman–Crippen LogP) is 0.355. The Bertz CT molecular complexity index is 453. The van der Waals surface area contributed by atoms with Crippen LogP contribution in [0.4, 0.5) is 0 Å². The Hall–Kier alpha value is -1.73. The molecule has 0 fully saturated rings. The van der Waals surface area contributed by atoms with E-state index in [0.717, 1.165) is 6.42 Å². The third-order valence-corrected chi connectivity index (χ3v) is 2.63. The Balaban J connectivity index is 2.41. The molecule has 0 radical (unpaired) electrons. The lowest BCUT2D eigenvalue weighted by Crippen LogP contribution is -2.39. The molecule has 0 aliphatic carbocycles. The van der Waals surface area contributed by atoms with Crippen LogP contribution in [0.3, 0.4) is 0 Å². The Morgan fingerprint density at radius 2 is 2.15 bits per heavy atom. The van der Waals surface area contributed by atoms with E-state index in [4.69, 9.17) is 16.3 Å². The number of amides is 2. The number of carbonyl (C=O) groups is 2. The van der Waals surface area contributed by atoms with Crippen molar-refractivity contribution >= 4 is 23.4 Å². The summed E-state index contributed by atoms with van der Waals surface area (Å²) in [5.74, 6) is -0.625. The first-order valence-electron chi connectivity index (χ1n) is 6.05. The Kier molecular flexibility index (Phi) is 6.89. The van der Waals surface area contributed by atoms with Crippen molar-refractivity contribution in [2.24, 2.45) is 0 Å². The molecule has 0 atom stereocenters. The molecule has 7 nitrogen and oxygen atoms in total. The van der Waals surface area contributed by atoms with Gasteiger partial charge in [-0.15, -0.1) is 10.2 Å². The molecule has 110 valence electrons. The summed E-state index contributed by atoms with van der Waals surface area (Å²) in [4.78, 5) is 24.8. The van der Waals surface area contributed by atoms with Crippen LogP contribution < -0.4 is 5.32 Å². The number of nitrogens with zero attached hydrogens (tertiary/aromatic N) is 3. The van der Waals surface area contributed by atoms with Crippen molar-refractivity contribution in [1.29, 1.82) is 0 Å². The molecule has 0 aromatic carbocycles. The fourth-order valence-corrected chi connectivity index (χ4v) is 1.51. The highest BCUT2D eigenvalue weighted by Crippen LogP contribution is 2.04. The van der Waals surface area contributed by atoms with Crippen molar-refractivity contribution in [3.63, 3.8) is 0 Å². The molecule has 0 aliphatic rings. The number of methoxy groups -OCH3 is 1. The summed E-state index contributed by atoms with van der Waals surface area (Å²) in [7, 11) is 3.12. The van der Waals surface area contributed by atoms with E-state index in [0.29, 0.717) is 13.2 Å². The van der Waals surface area contributed by atoms with Gasteiger partial charge >= 0.3 is 0 Å². The van der Waals surface area contributed by atoms with Crippen LogP contribution >= 0.6 is 11.6 Å². The molecule has 8 heteroatoms. The first-order chi connectivity index (χ1) is 9.54. The van der Waals surface area contributed by atoms with Crippen molar-refractivity contribution < 1.29 is 14.3 Å². The first kappa shape index (κ1) is 16.3. The van der Waals surface area contributed by atoms with Crippen molar-refractivity contribution in [1.82, 2.24) is 20.4 Å². The minimum atomic E-state index is -0.388. The standard InChI is InChI=1S/C12H17ClN4O3/c1-17(8-11(18)14-6-3-7-20-2)12(19)9-4-5-10(13)16-15-9/h4-5H,3,6-8H2,1-2H3,(H,14,18). The molecule has 0 aliphatic heterocycles. The predicted molar refractivity (Wildman–Crippen MR) is 73.5 cm³/mol. The summed E-state index contributed by atoms with van der Waals surface area (Å²) in [6.45, 7) is 1.04. The van der Waals surface area contributed by atoms with Crippen LogP contribution in [0.15, 0.2) is 12.1 Å². The van der Waals surface area contributed by atoms with Gasteiger partial charge in [0.25, 0.3) is 5.91 Å². The second-order valence-electron chi connectivity index (χ2n) is 4.10. The maximum absolute atomic E-state index is 11.9. The zero-order chi connectivity index (χ0) is 15.0. The molecule has 2 amide bonds. The summed E-state index contributed by atoms with van der Waals surface area (Å²) < 4.78 is 4.87. The number of hydrogen-bond acceptors (Lipinski definition) is 5. The smallest absolute Gasteiger partial charge is 0.274 e. The van der Waals surface area contributed by atoms with Crippen molar-refractivity contribution in [2.45, 2.75) is 6.42 Å². The molecule has 0 saturated heterocycles. The number of halogens is 1. The second-order valence-corrected chi connectivity index (χ2v) is 4.49. The zero-order valence-electron chi connectivity index (χ0n) is 11.4. The van der Waals surface area contributed by atoms with Crippen LogP contribution in [0.2, 0.25) is 5.15 Å². The van der Waals surface area contributed by atoms with Crippen LogP contribution in [0.25, 0.3) is 0 Å². The largest absolute Gasteiger partial charge is 0.385 e. The van der Waals surface area contributed by atoms with Gasteiger partial charge in [-0.3, -0.25) is 9.59 Å². The number of ether oxygens (including phenoxy) is 1. The number of aromatic nitrogens is 2. The maximum atomic E-state index is 11.9. The number of nitrogens with one attached hydrogen (secondary N) is 1. The summed E-state index contributed by atoms with van der Waals surface area (Å²) in [5, 5.41) is 10.2. The Morgan fingerprint density at radius 3 is 2.75 bits per heavy atom. The van der Waals surface area contributed by atoms with Gasteiger partial charge < -0.3 is 15.0 Å². The van der Waals surface area contributed by atoms with E-state index in [9.17, 15) is 9.59 Å². The zero-order valence-corrected chi connectivity index (χ0v) is 12.2. The third-order valence-electron chi connectivity index (χ3n) is 2.43. The molecular formula is C12H17ClN4O3. The Labute approximate surface area is 122 Å². The number of rotatable bonds is 7. The van der Waals surface area contributed by atoms with Gasteiger partial charge in [-0.2, -0.15) is 0 Å². The number of likely N-dealkylation sites (N-methyl/N-ethyl adjacent to an activating group) is 1. The van der Waals surface area contributed by atoms with E-state index < -0.39 is 0 Å². The quantitative estimate of drug-likeness (QED) is 0.735. The summed E-state index contributed by atoms with van der Waals surface area (Å²) >= 11 is 5.59. The van der Waals surface area contributed by atoms with Crippen LogP contribution in [0.1, 0.15) is 16.9 Å². The highest BCUT2D eigenvalue weighted by Gasteiger charge is 2.16. The monoisotopic (exact) mass is 300 g/mol. The minimum absolute atomic E-state index is 0.0455. The van der Waals surface area contributed by atoms with Gasteiger partial charge in [-0.25, -0.2) is 0 Å². The molecule has 1 N–H and O–H groups in total. The molecule has 0 unspecified atom stereocenters. The first-order valence-corrected chi connectivity index (χ1v) is 6.42. The molecule has 1 aromatic heterocycles. The molecule has 0 bridgehead atoms. The lowest BCUT2D eigenvalue weighted by molar-refractivity contribution is -0.121. The van der Waals surface area contributed by atoms with E-state index in [1.807, 2.05) is 0 Å². The summed E-state index contributed by atoms with van der Waals surface area (Å²) in [5.41, 5.74) is 0.143. The molecular weight excluding hydrogens is 284 g/mol. The van der Waals surface area contributed by atoms with E-state index in [1.165, 1.54) is 24.1 Å². The highest BCUT2D eigenvalue weighted by atomic mass is 35.5.